The fourth-order valence-electron chi connectivity index (χ4n) is 2.81. The summed E-state index contributed by atoms with van der Waals surface area (Å²) in [5, 5.41) is 2.95. The number of hydrogen-bond donors (Lipinski definition) is 2. The van der Waals surface area contributed by atoms with Crippen molar-refractivity contribution in [1.82, 2.24) is 15.1 Å². The summed E-state index contributed by atoms with van der Waals surface area (Å²) in [5.41, 5.74) is 5.27. The fourth-order valence-corrected chi connectivity index (χ4v) is 2.81. The largest absolute Gasteiger partial charge is 0.374 e. The molecule has 0 spiro atoms. The lowest BCUT2D eigenvalue weighted by Gasteiger charge is -2.34. The van der Waals surface area contributed by atoms with Crippen molar-refractivity contribution >= 4 is 11.9 Å². The molecule has 7 heteroatoms. The van der Waals surface area contributed by atoms with Crippen LogP contribution in [0.2, 0.25) is 0 Å². The van der Waals surface area contributed by atoms with E-state index in [1.807, 2.05) is 13.1 Å². The first-order chi connectivity index (χ1) is 10.5. The molecular weight excluding hydrogens is 284 g/mol. The van der Waals surface area contributed by atoms with E-state index in [1.165, 1.54) is 4.90 Å². The molecule has 0 bridgehead atoms. The van der Waals surface area contributed by atoms with E-state index in [0.717, 1.165) is 32.4 Å². The molecule has 7 nitrogen and oxygen atoms in total. The Labute approximate surface area is 131 Å². The number of carbonyl (C=O) groups excluding carboxylic acids is 2. The number of nitrogens with two attached hydrogens (primary N) is 1. The predicted molar refractivity (Wildman–Crippen MR) is 83.3 cm³/mol. The Balaban J connectivity index is 1.91. The molecule has 1 fully saturated rings. The van der Waals surface area contributed by atoms with E-state index in [-0.39, 0.29) is 24.7 Å². The summed E-state index contributed by atoms with van der Waals surface area (Å²) in [4.78, 5) is 27.3. The molecule has 2 aliphatic rings. The highest BCUT2D eigenvalue weighted by Gasteiger charge is 2.25. The summed E-state index contributed by atoms with van der Waals surface area (Å²) in [6.45, 7) is 2.54. The van der Waals surface area contributed by atoms with Crippen LogP contribution in [-0.4, -0.2) is 73.7 Å². The van der Waals surface area contributed by atoms with Gasteiger partial charge in [0.15, 0.2) is 0 Å². The first-order valence-corrected chi connectivity index (χ1v) is 7.85. The molecule has 1 aliphatic heterocycles. The van der Waals surface area contributed by atoms with Crippen LogP contribution in [0, 0.1) is 0 Å². The number of carbonyl (C=O) groups is 2. The first kappa shape index (κ1) is 16.8. The van der Waals surface area contributed by atoms with Gasteiger partial charge in [-0.1, -0.05) is 12.2 Å². The number of nitrogens with zero attached hydrogens (tertiary/aromatic N) is 2. The lowest BCUT2D eigenvalue weighted by atomic mass is 10.0. The van der Waals surface area contributed by atoms with Crippen LogP contribution in [0.1, 0.15) is 19.3 Å². The summed E-state index contributed by atoms with van der Waals surface area (Å²) >= 11 is 0. The lowest BCUT2D eigenvalue weighted by molar-refractivity contribution is -0.119. The SMILES string of the molecule is CN1CCO[C@@H](CN(CC(N)=O)C(=O)N[C@H]2C=CCCC2)C1. The van der Waals surface area contributed by atoms with Crippen LogP contribution in [0.15, 0.2) is 12.2 Å². The van der Waals surface area contributed by atoms with Gasteiger partial charge < -0.3 is 25.6 Å². The third-order valence-corrected chi connectivity index (χ3v) is 3.96. The normalized spacial score (nSPS) is 25.7. The molecule has 0 radical (unpaired) electrons. The van der Waals surface area contributed by atoms with Crippen molar-refractivity contribution in [2.24, 2.45) is 5.73 Å². The molecule has 3 N–H and O–H groups in total. The van der Waals surface area contributed by atoms with Crippen LogP contribution >= 0.6 is 0 Å². The maximum atomic E-state index is 12.4. The summed E-state index contributed by atoms with van der Waals surface area (Å²) < 4.78 is 5.67. The number of allylic oxidation sites excluding steroid dienone is 1. The Morgan fingerprint density at radius 3 is 2.95 bits per heavy atom. The highest BCUT2D eigenvalue weighted by Crippen LogP contribution is 2.11. The van der Waals surface area contributed by atoms with Gasteiger partial charge in [0.2, 0.25) is 5.91 Å². The van der Waals surface area contributed by atoms with Gasteiger partial charge in [0, 0.05) is 19.1 Å². The minimum absolute atomic E-state index is 0.0339. The minimum atomic E-state index is -0.515. The Bertz CT molecular complexity index is 427. The smallest absolute Gasteiger partial charge is 0.318 e. The molecule has 2 rings (SSSR count). The van der Waals surface area contributed by atoms with Crippen molar-refractivity contribution in [3.8, 4) is 0 Å². The van der Waals surface area contributed by atoms with Crippen molar-refractivity contribution < 1.29 is 14.3 Å². The number of hydrogen-bond acceptors (Lipinski definition) is 4. The molecule has 0 aromatic heterocycles. The summed E-state index contributed by atoms with van der Waals surface area (Å²) in [7, 11) is 2.01. The highest BCUT2D eigenvalue weighted by atomic mass is 16.5. The monoisotopic (exact) mass is 310 g/mol. The van der Waals surface area contributed by atoms with Crippen LogP contribution < -0.4 is 11.1 Å². The first-order valence-electron chi connectivity index (χ1n) is 7.85. The second kappa shape index (κ2) is 8.14. The van der Waals surface area contributed by atoms with Crippen LogP contribution in [0.3, 0.4) is 0 Å². The quantitative estimate of drug-likeness (QED) is 0.695. The van der Waals surface area contributed by atoms with Gasteiger partial charge in [-0.15, -0.1) is 0 Å². The van der Waals surface area contributed by atoms with Gasteiger partial charge in [0.25, 0.3) is 0 Å². The Morgan fingerprint density at radius 1 is 1.50 bits per heavy atom. The van der Waals surface area contributed by atoms with Crippen molar-refractivity contribution in [2.45, 2.75) is 31.4 Å². The average molecular weight is 310 g/mol. The zero-order valence-corrected chi connectivity index (χ0v) is 13.2. The lowest BCUT2D eigenvalue weighted by Crippen LogP contribution is -2.53. The maximum Gasteiger partial charge on any atom is 0.318 e. The second-order valence-corrected chi connectivity index (χ2v) is 6.02. The van der Waals surface area contributed by atoms with Gasteiger partial charge in [-0.25, -0.2) is 4.79 Å². The van der Waals surface area contributed by atoms with Gasteiger partial charge in [0.05, 0.1) is 19.3 Å². The molecule has 0 aromatic rings. The van der Waals surface area contributed by atoms with E-state index >= 15 is 0 Å². The molecule has 3 amide bonds. The van der Waals surface area contributed by atoms with Crippen molar-refractivity contribution in [3.05, 3.63) is 12.2 Å². The number of primary amides is 1. The summed E-state index contributed by atoms with van der Waals surface area (Å²) in [6, 6.07) is -0.223. The van der Waals surface area contributed by atoms with Gasteiger partial charge in [0.1, 0.15) is 6.54 Å². The highest BCUT2D eigenvalue weighted by molar-refractivity contribution is 5.83. The average Bonchev–Trinajstić information content (AvgIpc) is 2.47. The number of amides is 3. The van der Waals surface area contributed by atoms with Crippen LogP contribution in [0.25, 0.3) is 0 Å². The maximum absolute atomic E-state index is 12.4. The molecule has 22 heavy (non-hydrogen) atoms. The molecule has 124 valence electrons. The van der Waals surface area contributed by atoms with E-state index in [0.29, 0.717) is 13.2 Å². The number of morpholine rings is 1. The van der Waals surface area contributed by atoms with E-state index in [2.05, 4.69) is 16.3 Å². The predicted octanol–water partition coefficient (Wildman–Crippen LogP) is -0.0774. The standard InChI is InChI=1S/C15H26N4O3/c1-18-7-8-22-13(9-18)10-19(11-14(16)20)15(21)17-12-5-3-2-4-6-12/h3,5,12-13H,2,4,6-11H2,1H3,(H2,16,20)(H,17,21)/t12-,13+/m0/s1. The van der Waals surface area contributed by atoms with E-state index in [1.54, 1.807) is 0 Å². The topological polar surface area (TPSA) is 87.9 Å². The Hall–Kier alpha value is -1.60. The number of nitrogens with one attached hydrogen (secondary N) is 1. The van der Waals surface area contributed by atoms with Crippen LogP contribution in [-0.2, 0) is 9.53 Å². The number of urea groups is 1. The molecule has 2 atom stereocenters. The van der Waals surface area contributed by atoms with E-state index in [9.17, 15) is 9.59 Å². The molecule has 1 saturated heterocycles. The van der Waals surface area contributed by atoms with Gasteiger partial charge in [-0.05, 0) is 26.3 Å². The Kier molecular flexibility index (Phi) is 6.21. The van der Waals surface area contributed by atoms with Gasteiger partial charge in [-0.3, -0.25) is 4.79 Å². The molecule has 1 aliphatic carbocycles. The van der Waals surface area contributed by atoms with Gasteiger partial charge in [-0.2, -0.15) is 0 Å². The number of rotatable bonds is 5. The van der Waals surface area contributed by atoms with Crippen molar-refractivity contribution in [2.75, 3.05) is 39.8 Å². The second-order valence-electron chi connectivity index (χ2n) is 6.02. The third-order valence-electron chi connectivity index (χ3n) is 3.96. The van der Waals surface area contributed by atoms with E-state index < -0.39 is 5.91 Å². The van der Waals surface area contributed by atoms with Crippen molar-refractivity contribution in [3.63, 3.8) is 0 Å². The Morgan fingerprint density at radius 2 is 2.32 bits per heavy atom. The van der Waals surface area contributed by atoms with Crippen LogP contribution in [0.5, 0.6) is 0 Å². The fraction of sp³-hybridized carbons (Fsp3) is 0.733. The van der Waals surface area contributed by atoms with Crippen molar-refractivity contribution in [1.29, 1.82) is 0 Å². The summed E-state index contributed by atoms with van der Waals surface area (Å²) in [5.74, 6) is -0.515. The molecular formula is C15H26N4O3. The molecule has 0 aromatic carbocycles. The molecule has 0 saturated carbocycles. The molecule has 1 heterocycles. The van der Waals surface area contributed by atoms with Gasteiger partial charge >= 0.3 is 6.03 Å². The zero-order valence-electron chi connectivity index (χ0n) is 13.2. The molecule has 0 unspecified atom stereocenters. The zero-order chi connectivity index (χ0) is 15.9. The number of likely N-dealkylation sites (N-methyl/N-ethyl adjacent to an activating group) is 1. The van der Waals surface area contributed by atoms with Crippen LogP contribution in [0.4, 0.5) is 4.79 Å². The number of ether oxygens (including phenoxy) is 1. The van der Waals surface area contributed by atoms with E-state index in [4.69, 9.17) is 10.5 Å². The minimum Gasteiger partial charge on any atom is -0.374 e. The third kappa shape index (κ3) is 5.31. The summed E-state index contributed by atoms with van der Waals surface area (Å²) in [6.07, 6.45) is 7.04.